The number of fused-ring (bicyclic) bond motifs is 1. The molecule has 0 aliphatic carbocycles. The first-order valence-corrected chi connectivity index (χ1v) is 6.50. The Morgan fingerprint density at radius 1 is 1.09 bits per heavy atom. The molecule has 0 spiro atoms. The molecule has 0 aliphatic rings. The number of carbonyl (C=O) groups is 2. The van der Waals surface area contributed by atoms with Crippen LogP contribution in [0.5, 0.6) is 0 Å². The van der Waals surface area contributed by atoms with E-state index in [2.05, 4.69) is 5.10 Å². The van der Waals surface area contributed by atoms with Crippen molar-refractivity contribution < 1.29 is 19.6 Å². The zero-order valence-electron chi connectivity index (χ0n) is 11.5. The second kappa shape index (κ2) is 5.34. The summed E-state index contributed by atoms with van der Waals surface area (Å²) in [4.78, 5) is 34.3. The number of carboxylic acids is 1. The van der Waals surface area contributed by atoms with E-state index in [4.69, 9.17) is 0 Å². The van der Waals surface area contributed by atoms with E-state index in [1.807, 2.05) is 0 Å². The van der Waals surface area contributed by atoms with Gasteiger partial charge in [-0.3, -0.25) is 14.9 Å². The zero-order valence-corrected chi connectivity index (χ0v) is 11.5. The SMILES string of the molecule is O=C(O)c1nn(C(=O)c2ccccc2[N+](=O)[O-])c2ccccc12. The third-order valence-corrected chi connectivity index (χ3v) is 3.31. The van der Waals surface area contributed by atoms with Crippen LogP contribution in [0.4, 0.5) is 5.69 Å². The predicted molar refractivity (Wildman–Crippen MR) is 79.5 cm³/mol. The van der Waals surface area contributed by atoms with Gasteiger partial charge in [0.1, 0.15) is 5.56 Å². The number of para-hydroxylation sites is 2. The van der Waals surface area contributed by atoms with Crippen LogP contribution in [0.2, 0.25) is 0 Å². The van der Waals surface area contributed by atoms with Gasteiger partial charge in [-0.1, -0.05) is 30.3 Å². The maximum atomic E-state index is 12.6. The summed E-state index contributed by atoms with van der Waals surface area (Å²) in [6, 6.07) is 11.7. The minimum Gasteiger partial charge on any atom is -0.476 e. The lowest BCUT2D eigenvalue weighted by Gasteiger charge is -2.03. The Kier molecular flexibility index (Phi) is 3.34. The minimum absolute atomic E-state index is 0.164. The Hall–Kier alpha value is -3.55. The van der Waals surface area contributed by atoms with Gasteiger partial charge in [0.2, 0.25) is 0 Å². The van der Waals surface area contributed by atoms with Crippen LogP contribution in [0.25, 0.3) is 10.9 Å². The Balaban J connectivity index is 2.24. The van der Waals surface area contributed by atoms with E-state index in [9.17, 15) is 24.8 Å². The number of benzene rings is 2. The van der Waals surface area contributed by atoms with Gasteiger partial charge in [0.15, 0.2) is 5.69 Å². The number of aromatic nitrogens is 2. The molecule has 8 nitrogen and oxygen atoms in total. The van der Waals surface area contributed by atoms with Crippen LogP contribution in [0.3, 0.4) is 0 Å². The van der Waals surface area contributed by atoms with Crippen molar-refractivity contribution in [1.29, 1.82) is 0 Å². The van der Waals surface area contributed by atoms with Crippen molar-refractivity contribution in [3.63, 3.8) is 0 Å². The molecule has 1 N–H and O–H groups in total. The maximum absolute atomic E-state index is 12.6. The molecule has 3 aromatic rings. The van der Waals surface area contributed by atoms with Crippen molar-refractivity contribution in [2.75, 3.05) is 0 Å². The molecule has 2 aromatic carbocycles. The normalized spacial score (nSPS) is 10.6. The molecule has 1 heterocycles. The van der Waals surface area contributed by atoms with Crippen LogP contribution >= 0.6 is 0 Å². The van der Waals surface area contributed by atoms with Crippen molar-refractivity contribution in [2.45, 2.75) is 0 Å². The van der Waals surface area contributed by atoms with Gasteiger partial charge in [-0.25, -0.2) is 4.79 Å². The molecule has 0 saturated carbocycles. The summed E-state index contributed by atoms with van der Waals surface area (Å²) in [5.74, 6) is -2.05. The molecule has 0 aliphatic heterocycles. The van der Waals surface area contributed by atoms with Crippen molar-refractivity contribution in [1.82, 2.24) is 9.78 Å². The molecular formula is C15H9N3O5. The molecule has 0 atom stereocenters. The highest BCUT2D eigenvalue weighted by molar-refractivity contribution is 6.08. The minimum atomic E-state index is -1.28. The van der Waals surface area contributed by atoms with Crippen molar-refractivity contribution in [2.24, 2.45) is 0 Å². The maximum Gasteiger partial charge on any atom is 0.357 e. The molecule has 0 saturated heterocycles. The quantitative estimate of drug-likeness (QED) is 0.586. The van der Waals surface area contributed by atoms with Crippen molar-refractivity contribution in [3.8, 4) is 0 Å². The third kappa shape index (κ3) is 2.31. The highest BCUT2D eigenvalue weighted by Gasteiger charge is 2.25. The van der Waals surface area contributed by atoms with E-state index in [-0.39, 0.29) is 27.8 Å². The van der Waals surface area contributed by atoms with Gasteiger partial charge in [0.25, 0.3) is 11.6 Å². The molecule has 23 heavy (non-hydrogen) atoms. The average Bonchev–Trinajstić information content (AvgIpc) is 2.94. The fourth-order valence-corrected chi connectivity index (χ4v) is 2.31. The van der Waals surface area contributed by atoms with E-state index in [1.54, 1.807) is 12.1 Å². The second-order valence-corrected chi connectivity index (χ2v) is 4.66. The van der Waals surface area contributed by atoms with Gasteiger partial charge in [0, 0.05) is 11.5 Å². The number of carbonyl (C=O) groups excluding carboxylic acids is 1. The molecule has 1 aromatic heterocycles. The molecule has 3 rings (SSSR count). The molecule has 0 unspecified atom stereocenters. The molecule has 0 radical (unpaired) electrons. The monoisotopic (exact) mass is 311 g/mol. The first-order valence-electron chi connectivity index (χ1n) is 6.50. The van der Waals surface area contributed by atoms with Gasteiger partial charge in [-0.05, 0) is 12.1 Å². The number of aromatic carboxylic acids is 1. The topological polar surface area (TPSA) is 115 Å². The highest BCUT2D eigenvalue weighted by atomic mass is 16.6. The molecular weight excluding hydrogens is 302 g/mol. The number of hydrogen-bond donors (Lipinski definition) is 1. The summed E-state index contributed by atoms with van der Waals surface area (Å²) < 4.78 is 0.876. The fraction of sp³-hybridized carbons (Fsp3) is 0. The van der Waals surface area contributed by atoms with Gasteiger partial charge in [0.05, 0.1) is 10.4 Å². The number of nitro groups is 1. The fourth-order valence-electron chi connectivity index (χ4n) is 2.31. The predicted octanol–water partition coefficient (Wildman–Crippen LogP) is 2.33. The first kappa shape index (κ1) is 14.4. The summed E-state index contributed by atoms with van der Waals surface area (Å²) in [5, 5.41) is 24.4. The highest BCUT2D eigenvalue weighted by Crippen LogP contribution is 2.23. The lowest BCUT2D eigenvalue weighted by atomic mass is 10.1. The Bertz CT molecular complexity index is 961. The van der Waals surface area contributed by atoms with Crippen LogP contribution in [-0.4, -0.2) is 31.7 Å². The van der Waals surface area contributed by atoms with Gasteiger partial charge < -0.3 is 5.11 Å². The van der Waals surface area contributed by atoms with Gasteiger partial charge in [-0.2, -0.15) is 9.78 Å². The first-order chi connectivity index (χ1) is 11.0. The smallest absolute Gasteiger partial charge is 0.357 e. The molecule has 0 bridgehead atoms. The van der Waals surface area contributed by atoms with Crippen LogP contribution < -0.4 is 0 Å². The van der Waals surface area contributed by atoms with Crippen LogP contribution in [0.15, 0.2) is 48.5 Å². The Morgan fingerprint density at radius 2 is 1.74 bits per heavy atom. The van der Waals surface area contributed by atoms with E-state index < -0.39 is 16.8 Å². The summed E-state index contributed by atoms with van der Waals surface area (Å²) in [6.07, 6.45) is 0. The van der Waals surface area contributed by atoms with E-state index in [0.29, 0.717) is 0 Å². The summed E-state index contributed by atoms with van der Waals surface area (Å²) in [6.45, 7) is 0. The number of rotatable bonds is 3. The standard InChI is InChI=1S/C15H9N3O5/c19-14(10-6-2-4-8-12(10)18(22)23)17-11-7-3-1-5-9(11)13(16-17)15(20)21/h1-8H,(H,20,21). The van der Waals surface area contributed by atoms with E-state index >= 15 is 0 Å². The molecule has 0 amide bonds. The van der Waals surface area contributed by atoms with Crippen LogP contribution in [0.1, 0.15) is 20.8 Å². The largest absolute Gasteiger partial charge is 0.476 e. The Morgan fingerprint density at radius 3 is 2.43 bits per heavy atom. The number of hydrogen-bond acceptors (Lipinski definition) is 5. The number of nitrogens with zero attached hydrogens (tertiary/aromatic N) is 3. The van der Waals surface area contributed by atoms with Gasteiger partial charge in [-0.15, -0.1) is 0 Å². The lowest BCUT2D eigenvalue weighted by molar-refractivity contribution is -0.385. The van der Waals surface area contributed by atoms with E-state index in [0.717, 1.165) is 4.68 Å². The molecule has 114 valence electrons. The van der Waals surface area contributed by atoms with Crippen molar-refractivity contribution >= 4 is 28.5 Å². The average molecular weight is 311 g/mol. The Labute approximate surface area is 128 Å². The zero-order chi connectivity index (χ0) is 16.6. The van der Waals surface area contributed by atoms with Crippen molar-refractivity contribution in [3.05, 3.63) is 69.9 Å². The number of carboxylic acid groups (broad SMARTS) is 1. The third-order valence-electron chi connectivity index (χ3n) is 3.31. The summed E-state index contributed by atoms with van der Waals surface area (Å²) >= 11 is 0. The second-order valence-electron chi connectivity index (χ2n) is 4.66. The van der Waals surface area contributed by atoms with E-state index in [1.165, 1.54) is 36.4 Å². The molecule has 8 heteroatoms. The van der Waals surface area contributed by atoms with Crippen LogP contribution in [0, 0.1) is 10.1 Å². The number of nitro benzene ring substituents is 1. The summed E-state index contributed by atoms with van der Waals surface area (Å²) in [7, 11) is 0. The van der Waals surface area contributed by atoms with Crippen LogP contribution in [-0.2, 0) is 0 Å². The lowest BCUT2D eigenvalue weighted by Crippen LogP contribution is -2.16. The van der Waals surface area contributed by atoms with Gasteiger partial charge >= 0.3 is 5.97 Å². The summed E-state index contributed by atoms with van der Waals surface area (Å²) in [5.41, 5.74) is -0.544. The molecule has 0 fully saturated rings.